The molecule has 1 unspecified atom stereocenters. The van der Waals surface area contributed by atoms with E-state index >= 15 is 0 Å². The second-order valence-electron chi connectivity index (χ2n) is 5.50. The van der Waals surface area contributed by atoms with Crippen molar-refractivity contribution in [3.05, 3.63) is 29.6 Å². The Bertz CT molecular complexity index is 471. The van der Waals surface area contributed by atoms with Crippen LogP contribution in [0.1, 0.15) is 31.2 Å². The van der Waals surface area contributed by atoms with Crippen molar-refractivity contribution in [2.75, 3.05) is 26.7 Å². The largest absolute Gasteiger partial charge is 0.355 e. The number of pyridine rings is 1. The van der Waals surface area contributed by atoms with Gasteiger partial charge in [0, 0.05) is 25.3 Å². The molecule has 1 aromatic rings. The Morgan fingerprint density at radius 3 is 3.00 bits per heavy atom. The van der Waals surface area contributed by atoms with Gasteiger partial charge in [-0.2, -0.15) is 0 Å². The summed E-state index contributed by atoms with van der Waals surface area (Å²) in [5.74, 6) is 0.848. The van der Waals surface area contributed by atoms with Gasteiger partial charge in [-0.3, -0.25) is 14.9 Å². The summed E-state index contributed by atoms with van der Waals surface area (Å²) in [5, 5.41) is 6.76. The number of likely N-dealkylation sites (tertiary alicyclic amines) is 1. The molecule has 21 heavy (non-hydrogen) atoms. The van der Waals surface area contributed by atoms with Gasteiger partial charge in [0.1, 0.15) is 0 Å². The summed E-state index contributed by atoms with van der Waals surface area (Å²) in [6, 6.07) is 6.71. The molecule has 0 radical (unpaired) electrons. The highest BCUT2D eigenvalue weighted by molar-refractivity contribution is 5.79. The van der Waals surface area contributed by atoms with Crippen LogP contribution in [0.3, 0.4) is 0 Å². The molecule has 2 N–H and O–H groups in total. The predicted molar refractivity (Wildman–Crippen MR) is 87.4 cm³/mol. The summed E-state index contributed by atoms with van der Waals surface area (Å²) in [7, 11) is 1.81. The van der Waals surface area contributed by atoms with Gasteiger partial charge in [0.2, 0.25) is 0 Å². The number of nitrogens with one attached hydrogen (secondary N) is 2. The van der Waals surface area contributed by atoms with Gasteiger partial charge in [-0.15, -0.1) is 0 Å². The molecule has 0 saturated carbocycles. The van der Waals surface area contributed by atoms with Gasteiger partial charge in [-0.1, -0.05) is 13.0 Å². The number of aromatic nitrogens is 1. The van der Waals surface area contributed by atoms with Gasteiger partial charge >= 0.3 is 0 Å². The lowest BCUT2D eigenvalue weighted by atomic mass is 10.2. The number of guanidine groups is 1. The first kappa shape index (κ1) is 15.8. The standard InChI is InChI=1S/C16H27N5/c1-4-21-10-6-9-15(21)12-19-16(17-3)18-11-14-8-5-7-13(2)20-14/h5,7-8,15H,4,6,9-12H2,1-3H3,(H2,17,18,19). The molecule has 5 heteroatoms. The number of rotatable bonds is 5. The Balaban J connectivity index is 1.78. The van der Waals surface area contributed by atoms with Crippen molar-refractivity contribution in [3.63, 3.8) is 0 Å². The minimum absolute atomic E-state index is 0.630. The number of nitrogens with zero attached hydrogens (tertiary/aromatic N) is 3. The molecule has 1 saturated heterocycles. The van der Waals surface area contributed by atoms with E-state index in [4.69, 9.17) is 0 Å². The third-order valence-electron chi connectivity index (χ3n) is 4.02. The summed E-state index contributed by atoms with van der Waals surface area (Å²) in [5.41, 5.74) is 2.08. The van der Waals surface area contributed by atoms with Crippen LogP contribution in [0, 0.1) is 6.92 Å². The van der Waals surface area contributed by atoms with E-state index in [0.717, 1.165) is 30.4 Å². The van der Waals surface area contributed by atoms with E-state index in [-0.39, 0.29) is 0 Å². The molecule has 5 nitrogen and oxygen atoms in total. The normalized spacial score (nSPS) is 19.8. The van der Waals surface area contributed by atoms with Crippen LogP contribution in [0.25, 0.3) is 0 Å². The molecular formula is C16H27N5. The highest BCUT2D eigenvalue weighted by Crippen LogP contribution is 2.15. The first-order valence-corrected chi connectivity index (χ1v) is 7.84. The van der Waals surface area contributed by atoms with Crippen LogP contribution in [0.4, 0.5) is 0 Å². The van der Waals surface area contributed by atoms with Gasteiger partial charge in [0.05, 0.1) is 12.2 Å². The highest BCUT2D eigenvalue weighted by Gasteiger charge is 2.22. The molecule has 1 fully saturated rings. The zero-order valence-corrected chi connectivity index (χ0v) is 13.4. The first-order chi connectivity index (χ1) is 10.2. The Morgan fingerprint density at radius 1 is 1.43 bits per heavy atom. The molecule has 2 rings (SSSR count). The maximum Gasteiger partial charge on any atom is 0.191 e. The number of likely N-dealkylation sites (N-methyl/N-ethyl adjacent to an activating group) is 1. The Kier molecular flexibility index (Phi) is 5.99. The van der Waals surface area contributed by atoms with Gasteiger partial charge in [0.25, 0.3) is 0 Å². The number of hydrogen-bond acceptors (Lipinski definition) is 3. The van der Waals surface area contributed by atoms with Crippen molar-refractivity contribution in [2.45, 2.75) is 39.3 Å². The van der Waals surface area contributed by atoms with Crippen molar-refractivity contribution in [3.8, 4) is 0 Å². The van der Waals surface area contributed by atoms with Gasteiger partial charge in [0.15, 0.2) is 5.96 Å². The Morgan fingerprint density at radius 2 is 2.29 bits per heavy atom. The second kappa shape index (κ2) is 7.98. The zero-order valence-electron chi connectivity index (χ0n) is 13.4. The monoisotopic (exact) mass is 289 g/mol. The molecule has 0 bridgehead atoms. The highest BCUT2D eigenvalue weighted by atomic mass is 15.2. The van der Waals surface area contributed by atoms with E-state index in [0.29, 0.717) is 12.6 Å². The fraction of sp³-hybridized carbons (Fsp3) is 0.625. The number of aliphatic imine (C=N–C) groups is 1. The Hall–Kier alpha value is -1.62. The molecular weight excluding hydrogens is 262 g/mol. The molecule has 1 aliphatic rings. The quantitative estimate of drug-likeness (QED) is 0.638. The number of aryl methyl sites for hydroxylation is 1. The molecule has 1 aliphatic heterocycles. The fourth-order valence-corrected chi connectivity index (χ4v) is 2.85. The molecule has 0 spiro atoms. The van der Waals surface area contributed by atoms with E-state index in [9.17, 15) is 0 Å². The molecule has 0 aliphatic carbocycles. The lowest BCUT2D eigenvalue weighted by Crippen LogP contribution is -2.44. The molecule has 0 amide bonds. The first-order valence-electron chi connectivity index (χ1n) is 7.84. The maximum absolute atomic E-state index is 4.49. The molecule has 0 aromatic carbocycles. The lowest BCUT2D eigenvalue weighted by Gasteiger charge is -2.23. The average Bonchev–Trinajstić information content (AvgIpc) is 2.95. The molecule has 2 heterocycles. The summed E-state index contributed by atoms with van der Waals surface area (Å²) in [4.78, 5) is 11.3. The van der Waals surface area contributed by atoms with Crippen molar-refractivity contribution in [1.29, 1.82) is 0 Å². The summed E-state index contributed by atoms with van der Waals surface area (Å²) < 4.78 is 0. The SMILES string of the molecule is CCN1CCCC1CNC(=NC)NCc1cccc(C)n1. The van der Waals surface area contributed by atoms with E-state index in [1.807, 2.05) is 32.2 Å². The van der Waals surface area contributed by atoms with E-state index in [1.54, 1.807) is 0 Å². The van der Waals surface area contributed by atoms with E-state index in [2.05, 4.69) is 32.4 Å². The Labute approximate surface area is 127 Å². The van der Waals surface area contributed by atoms with Crippen LogP contribution < -0.4 is 10.6 Å². The number of hydrogen-bond donors (Lipinski definition) is 2. The van der Waals surface area contributed by atoms with Crippen LogP contribution in [0.15, 0.2) is 23.2 Å². The van der Waals surface area contributed by atoms with Crippen LogP contribution in [0.5, 0.6) is 0 Å². The van der Waals surface area contributed by atoms with Crippen molar-refractivity contribution < 1.29 is 0 Å². The minimum Gasteiger partial charge on any atom is -0.355 e. The fourth-order valence-electron chi connectivity index (χ4n) is 2.85. The van der Waals surface area contributed by atoms with Crippen LogP contribution in [-0.4, -0.2) is 48.6 Å². The van der Waals surface area contributed by atoms with Crippen molar-refractivity contribution in [2.24, 2.45) is 4.99 Å². The summed E-state index contributed by atoms with van der Waals surface area (Å²) in [6.07, 6.45) is 2.58. The summed E-state index contributed by atoms with van der Waals surface area (Å²) in [6.45, 7) is 8.25. The second-order valence-corrected chi connectivity index (χ2v) is 5.50. The molecule has 1 aromatic heterocycles. The maximum atomic E-state index is 4.49. The van der Waals surface area contributed by atoms with E-state index in [1.165, 1.54) is 19.4 Å². The molecule has 116 valence electrons. The smallest absolute Gasteiger partial charge is 0.191 e. The van der Waals surface area contributed by atoms with E-state index < -0.39 is 0 Å². The van der Waals surface area contributed by atoms with Crippen molar-refractivity contribution in [1.82, 2.24) is 20.5 Å². The van der Waals surface area contributed by atoms with Gasteiger partial charge < -0.3 is 10.6 Å². The van der Waals surface area contributed by atoms with Crippen molar-refractivity contribution >= 4 is 5.96 Å². The molecule has 1 atom stereocenters. The van der Waals surface area contributed by atoms with Crippen LogP contribution >= 0.6 is 0 Å². The third-order valence-corrected chi connectivity index (χ3v) is 4.02. The van der Waals surface area contributed by atoms with Gasteiger partial charge in [-0.05, 0) is 45.0 Å². The minimum atomic E-state index is 0.630. The van der Waals surface area contributed by atoms with Gasteiger partial charge in [-0.25, -0.2) is 0 Å². The zero-order chi connectivity index (χ0) is 15.1. The third kappa shape index (κ3) is 4.70. The van der Waals surface area contributed by atoms with Crippen LogP contribution in [-0.2, 0) is 6.54 Å². The van der Waals surface area contributed by atoms with Crippen LogP contribution in [0.2, 0.25) is 0 Å². The lowest BCUT2D eigenvalue weighted by molar-refractivity contribution is 0.267. The topological polar surface area (TPSA) is 52.5 Å². The predicted octanol–water partition coefficient (Wildman–Crippen LogP) is 1.54. The average molecular weight is 289 g/mol. The summed E-state index contributed by atoms with van der Waals surface area (Å²) >= 11 is 0.